The minimum atomic E-state index is -3.44. The van der Waals surface area contributed by atoms with Crippen molar-refractivity contribution in [2.45, 2.75) is 58.8 Å². The first kappa shape index (κ1) is 17.1. The van der Waals surface area contributed by atoms with Crippen molar-refractivity contribution in [3.05, 3.63) is 0 Å². The van der Waals surface area contributed by atoms with Gasteiger partial charge in [0, 0.05) is 25.7 Å². The molecule has 0 aromatic carbocycles. The molecule has 3 unspecified atom stereocenters. The highest BCUT2D eigenvalue weighted by atomic mass is 32.2. The molecule has 0 amide bonds. The van der Waals surface area contributed by atoms with Gasteiger partial charge in [0.15, 0.2) is 0 Å². The predicted octanol–water partition coefficient (Wildman–Crippen LogP) is 0.708. The summed E-state index contributed by atoms with van der Waals surface area (Å²) in [6.45, 7) is 10.4. The van der Waals surface area contributed by atoms with Gasteiger partial charge in [-0.05, 0) is 38.6 Å². The number of piperidine rings is 1. The highest BCUT2D eigenvalue weighted by Crippen LogP contribution is 2.29. The molecule has 3 atom stereocenters. The summed E-state index contributed by atoms with van der Waals surface area (Å²) in [6, 6.07) is 0.178. The minimum absolute atomic E-state index is 0.0606. The first-order chi connectivity index (χ1) is 9.71. The van der Waals surface area contributed by atoms with Crippen LogP contribution in [0.1, 0.15) is 40.5 Å². The molecule has 21 heavy (non-hydrogen) atoms. The maximum atomic E-state index is 12.5. The molecule has 124 valence electrons. The molecular weight excluding hydrogens is 290 g/mol. The number of ether oxygens (including phenoxy) is 1. The van der Waals surface area contributed by atoms with Gasteiger partial charge in [0.25, 0.3) is 10.2 Å². The van der Waals surface area contributed by atoms with Crippen LogP contribution in [0.4, 0.5) is 0 Å². The fourth-order valence-electron chi connectivity index (χ4n) is 3.23. The van der Waals surface area contributed by atoms with Gasteiger partial charge in [0.2, 0.25) is 0 Å². The molecule has 2 aliphatic rings. The number of nitrogens with one attached hydrogen (secondary N) is 2. The maximum absolute atomic E-state index is 12.5. The Hall–Kier alpha value is -0.210. The molecule has 2 rings (SSSR count). The van der Waals surface area contributed by atoms with E-state index in [0.717, 1.165) is 19.4 Å². The molecule has 0 aliphatic carbocycles. The summed E-state index contributed by atoms with van der Waals surface area (Å²) in [5.41, 5.74) is 0.117. The number of morpholine rings is 1. The summed E-state index contributed by atoms with van der Waals surface area (Å²) in [5, 5.41) is 3.43. The number of hydrogen-bond donors (Lipinski definition) is 2. The average molecular weight is 319 g/mol. The van der Waals surface area contributed by atoms with Crippen molar-refractivity contribution in [3.8, 4) is 0 Å². The summed E-state index contributed by atoms with van der Waals surface area (Å²) in [5.74, 6) is 0. The van der Waals surface area contributed by atoms with Crippen LogP contribution in [0.25, 0.3) is 0 Å². The SMILES string of the molecule is CC1CN(S(=O)(=O)NCC2NCCCC2(C)C)CC(C)O1. The second kappa shape index (κ2) is 6.50. The van der Waals surface area contributed by atoms with Crippen molar-refractivity contribution in [2.75, 3.05) is 26.2 Å². The van der Waals surface area contributed by atoms with Crippen molar-refractivity contribution in [3.63, 3.8) is 0 Å². The van der Waals surface area contributed by atoms with E-state index in [-0.39, 0.29) is 23.7 Å². The lowest BCUT2D eigenvalue weighted by atomic mass is 9.78. The Morgan fingerprint density at radius 1 is 1.29 bits per heavy atom. The molecule has 2 saturated heterocycles. The first-order valence-electron chi connectivity index (χ1n) is 7.84. The summed E-state index contributed by atoms with van der Waals surface area (Å²) in [7, 11) is -3.44. The van der Waals surface area contributed by atoms with Crippen LogP contribution in [0.2, 0.25) is 0 Å². The molecule has 0 aromatic heterocycles. The van der Waals surface area contributed by atoms with Crippen LogP contribution in [0.3, 0.4) is 0 Å². The summed E-state index contributed by atoms with van der Waals surface area (Å²) in [6.07, 6.45) is 2.15. The first-order valence-corrected chi connectivity index (χ1v) is 9.28. The quantitative estimate of drug-likeness (QED) is 0.800. The lowest BCUT2D eigenvalue weighted by molar-refractivity contribution is -0.0444. The van der Waals surface area contributed by atoms with Crippen LogP contribution in [0, 0.1) is 5.41 Å². The van der Waals surface area contributed by atoms with E-state index in [0.29, 0.717) is 19.6 Å². The Morgan fingerprint density at radius 3 is 2.48 bits per heavy atom. The molecule has 2 fully saturated rings. The highest BCUT2D eigenvalue weighted by molar-refractivity contribution is 7.87. The number of hydrogen-bond acceptors (Lipinski definition) is 4. The van der Waals surface area contributed by atoms with Crippen molar-refractivity contribution in [2.24, 2.45) is 5.41 Å². The van der Waals surface area contributed by atoms with Crippen LogP contribution in [-0.2, 0) is 14.9 Å². The van der Waals surface area contributed by atoms with Gasteiger partial charge in [-0.2, -0.15) is 12.7 Å². The third kappa shape index (κ3) is 4.39. The maximum Gasteiger partial charge on any atom is 0.279 e. The molecule has 7 heteroatoms. The van der Waals surface area contributed by atoms with Crippen LogP contribution < -0.4 is 10.0 Å². The van der Waals surface area contributed by atoms with E-state index in [4.69, 9.17) is 4.74 Å². The minimum Gasteiger partial charge on any atom is -0.373 e. The van der Waals surface area contributed by atoms with Gasteiger partial charge in [-0.1, -0.05) is 13.8 Å². The normalized spacial score (nSPS) is 34.8. The molecule has 2 aliphatic heterocycles. The molecule has 0 radical (unpaired) electrons. The van der Waals surface area contributed by atoms with Crippen molar-refractivity contribution < 1.29 is 13.2 Å². The van der Waals surface area contributed by atoms with Crippen molar-refractivity contribution in [1.29, 1.82) is 0 Å². The zero-order valence-electron chi connectivity index (χ0n) is 13.6. The van der Waals surface area contributed by atoms with E-state index in [9.17, 15) is 8.42 Å². The summed E-state index contributed by atoms with van der Waals surface area (Å²) < 4.78 is 34.8. The van der Waals surface area contributed by atoms with Crippen molar-refractivity contribution in [1.82, 2.24) is 14.3 Å². The van der Waals surface area contributed by atoms with Gasteiger partial charge in [-0.25, -0.2) is 4.72 Å². The molecule has 2 N–H and O–H groups in total. The second-order valence-corrected chi connectivity index (χ2v) is 8.78. The van der Waals surface area contributed by atoms with Gasteiger partial charge >= 0.3 is 0 Å². The van der Waals surface area contributed by atoms with Crippen LogP contribution in [0.15, 0.2) is 0 Å². The lowest BCUT2D eigenvalue weighted by Crippen LogP contribution is -2.56. The monoisotopic (exact) mass is 319 g/mol. The molecule has 0 bridgehead atoms. The van der Waals surface area contributed by atoms with Gasteiger partial charge < -0.3 is 10.1 Å². The van der Waals surface area contributed by atoms with Gasteiger partial charge in [-0.3, -0.25) is 0 Å². The largest absolute Gasteiger partial charge is 0.373 e. The Kier molecular flexibility index (Phi) is 5.31. The molecule has 2 heterocycles. The van der Waals surface area contributed by atoms with Crippen LogP contribution in [-0.4, -0.2) is 57.2 Å². The van der Waals surface area contributed by atoms with Gasteiger partial charge in [-0.15, -0.1) is 0 Å². The summed E-state index contributed by atoms with van der Waals surface area (Å²) in [4.78, 5) is 0. The highest BCUT2D eigenvalue weighted by Gasteiger charge is 2.35. The van der Waals surface area contributed by atoms with E-state index < -0.39 is 10.2 Å². The second-order valence-electron chi connectivity index (χ2n) is 7.03. The molecular formula is C14H29N3O3S. The zero-order chi connectivity index (χ0) is 15.7. The van der Waals surface area contributed by atoms with E-state index in [1.807, 2.05) is 13.8 Å². The van der Waals surface area contributed by atoms with E-state index in [1.54, 1.807) is 0 Å². The Bertz CT molecular complexity index is 442. The summed E-state index contributed by atoms with van der Waals surface area (Å²) >= 11 is 0. The van der Waals surface area contributed by atoms with Crippen molar-refractivity contribution >= 4 is 10.2 Å². The fraction of sp³-hybridized carbons (Fsp3) is 1.00. The fourth-order valence-corrected chi connectivity index (χ4v) is 4.60. The third-order valence-electron chi connectivity index (χ3n) is 4.53. The smallest absolute Gasteiger partial charge is 0.279 e. The molecule has 6 nitrogen and oxygen atoms in total. The van der Waals surface area contributed by atoms with E-state index in [1.165, 1.54) is 4.31 Å². The van der Waals surface area contributed by atoms with Gasteiger partial charge in [0.1, 0.15) is 0 Å². The molecule has 0 spiro atoms. The Balaban J connectivity index is 1.94. The number of nitrogens with zero attached hydrogens (tertiary/aromatic N) is 1. The van der Waals surface area contributed by atoms with Crippen LogP contribution in [0.5, 0.6) is 0 Å². The van der Waals surface area contributed by atoms with E-state index >= 15 is 0 Å². The Morgan fingerprint density at radius 2 is 1.90 bits per heavy atom. The average Bonchev–Trinajstić information content (AvgIpc) is 2.36. The predicted molar refractivity (Wildman–Crippen MR) is 83.3 cm³/mol. The molecule has 0 aromatic rings. The standard InChI is InChI=1S/C14H29N3O3S/c1-11-9-17(10-12(2)20-11)21(18,19)16-8-13-14(3,4)6-5-7-15-13/h11-13,15-16H,5-10H2,1-4H3. The number of rotatable bonds is 4. The topological polar surface area (TPSA) is 70.7 Å². The van der Waals surface area contributed by atoms with Gasteiger partial charge in [0.05, 0.1) is 12.2 Å². The third-order valence-corrected chi connectivity index (χ3v) is 6.04. The van der Waals surface area contributed by atoms with Crippen LogP contribution >= 0.6 is 0 Å². The lowest BCUT2D eigenvalue weighted by Gasteiger charge is -2.40. The zero-order valence-corrected chi connectivity index (χ0v) is 14.4. The molecule has 0 saturated carbocycles. The Labute approximate surface area is 128 Å². The van der Waals surface area contributed by atoms with E-state index in [2.05, 4.69) is 23.9 Å².